The van der Waals surface area contributed by atoms with Gasteiger partial charge in [-0.1, -0.05) is 25.1 Å². The lowest BCUT2D eigenvalue weighted by molar-refractivity contribution is 0.626. The molecule has 0 fully saturated rings. The number of hydrogen-bond donors (Lipinski definition) is 0. The van der Waals surface area contributed by atoms with Crippen LogP contribution in [0.25, 0.3) is 0 Å². The lowest BCUT2D eigenvalue weighted by Crippen LogP contribution is -2.00. The average molecular weight is 215 g/mol. The van der Waals surface area contributed by atoms with Crippen molar-refractivity contribution in [3.8, 4) is 0 Å². The van der Waals surface area contributed by atoms with Crippen molar-refractivity contribution in [2.24, 2.45) is 0 Å². The third kappa shape index (κ3) is 2.27. The average Bonchev–Trinajstić information content (AvgIpc) is 2.29. The van der Waals surface area contributed by atoms with Gasteiger partial charge in [0.25, 0.3) is 0 Å². The molecule has 82 valence electrons. The fourth-order valence-electron chi connectivity index (χ4n) is 1.73. The normalized spacial score (nSPS) is 12.4. The molecule has 1 aromatic heterocycles. The molecule has 0 N–H and O–H groups in total. The van der Waals surface area contributed by atoms with E-state index in [1.54, 1.807) is 0 Å². The van der Waals surface area contributed by atoms with Gasteiger partial charge in [0, 0.05) is 17.3 Å². The van der Waals surface area contributed by atoms with Gasteiger partial charge in [-0.25, -0.2) is 4.39 Å². The Hall–Kier alpha value is -1.70. The third-order valence-corrected chi connectivity index (χ3v) is 2.72. The summed E-state index contributed by atoms with van der Waals surface area (Å²) < 4.78 is 12.8. The standard InChI is InChI=1S/C14H14FN/c1-10-4-3-5-14(16-10)11(2)12-6-8-13(15)9-7-12/h3-9,11H,1-2H3. The first-order valence-electron chi connectivity index (χ1n) is 5.36. The minimum Gasteiger partial charge on any atom is -0.258 e. The Morgan fingerprint density at radius 2 is 1.75 bits per heavy atom. The number of pyridine rings is 1. The van der Waals surface area contributed by atoms with Crippen molar-refractivity contribution < 1.29 is 4.39 Å². The van der Waals surface area contributed by atoms with Gasteiger partial charge in [0.2, 0.25) is 0 Å². The van der Waals surface area contributed by atoms with Gasteiger partial charge in [0.15, 0.2) is 0 Å². The molecular weight excluding hydrogens is 201 g/mol. The van der Waals surface area contributed by atoms with Gasteiger partial charge in [0.1, 0.15) is 5.82 Å². The second-order valence-electron chi connectivity index (χ2n) is 3.98. The molecule has 0 saturated heterocycles. The van der Waals surface area contributed by atoms with Crippen LogP contribution < -0.4 is 0 Å². The van der Waals surface area contributed by atoms with E-state index in [0.29, 0.717) is 0 Å². The van der Waals surface area contributed by atoms with Gasteiger partial charge < -0.3 is 0 Å². The largest absolute Gasteiger partial charge is 0.258 e. The predicted molar refractivity (Wildman–Crippen MR) is 62.9 cm³/mol. The summed E-state index contributed by atoms with van der Waals surface area (Å²) >= 11 is 0. The monoisotopic (exact) mass is 215 g/mol. The van der Waals surface area contributed by atoms with Crippen LogP contribution in [0.5, 0.6) is 0 Å². The number of halogens is 1. The zero-order chi connectivity index (χ0) is 11.5. The van der Waals surface area contributed by atoms with Gasteiger partial charge in [-0.05, 0) is 36.8 Å². The van der Waals surface area contributed by atoms with E-state index in [4.69, 9.17) is 0 Å². The van der Waals surface area contributed by atoms with E-state index in [9.17, 15) is 4.39 Å². The van der Waals surface area contributed by atoms with Crippen molar-refractivity contribution in [2.75, 3.05) is 0 Å². The minimum absolute atomic E-state index is 0.195. The number of rotatable bonds is 2. The molecule has 0 spiro atoms. The minimum atomic E-state index is -0.201. The maximum Gasteiger partial charge on any atom is 0.123 e. The van der Waals surface area contributed by atoms with Gasteiger partial charge in [0.05, 0.1) is 0 Å². The highest BCUT2D eigenvalue weighted by molar-refractivity contribution is 5.28. The van der Waals surface area contributed by atoms with E-state index in [1.165, 1.54) is 12.1 Å². The highest BCUT2D eigenvalue weighted by atomic mass is 19.1. The number of benzene rings is 1. The predicted octanol–water partition coefficient (Wildman–Crippen LogP) is 3.68. The van der Waals surface area contributed by atoms with Crippen LogP contribution in [0.1, 0.15) is 29.8 Å². The molecular formula is C14H14FN. The van der Waals surface area contributed by atoms with Crippen LogP contribution >= 0.6 is 0 Å². The second-order valence-corrected chi connectivity index (χ2v) is 3.98. The van der Waals surface area contributed by atoms with E-state index in [2.05, 4.69) is 11.9 Å². The Labute approximate surface area is 95.0 Å². The van der Waals surface area contributed by atoms with E-state index in [0.717, 1.165) is 17.0 Å². The van der Waals surface area contributed by atoms with Crippen molar-refractivity contribution in [2.45, 2.75) is 19.8 Å². The van der Waals surface area contributed by atoms with E-state index >= 15 is 0 Å². The van der Waals surface area contributed by atoms with Crippen molar-refractivity contribution in [3.05, 3.63) is 65.2 Å². The molecule has 2 rings (SSSR count). The topological polar surface area (TPSA) is 12.9 Å². The second kappa shape index (κ2) is 4.44. The first-order chi connectivity index (χ1) is 7.66. The molecule has 0 saturated carbocycles. The molecule has 0 aliphatic carbocycles. The number of hydrogen-bond acceptors (Lipinski definition) is 1. The van der Waals surface area contributed by atoms with Gasteiger partial charge in [-0.3, -0.25) is 4.98 Å². The number of nitrogens with zero attached hydrogens (tertiary/aromatic N) is 1. The number of aromatic nitrogens is 1. The Balaban J connectivity index is 2.31. The third-order valence-electron chi connectivity index (χ3n) is 2.72. The summed E-state index contributed by atoms with van der Waals surface area (Å²) in [5.41, 5.74) is 3.11. The van der Waals surface area contributed by atoms with Crippen molar-refractivity contribution in [3.63, 3.8) is 0 Å². The summed E-state index contributed by atoms with van der Waals surface area (Å²) in [5, 5.41) is 0. The molecule has 1 aromatic carbocycles. The van der Waals surface area contributed by atoms with Crippen LogP contribution in [0.15, 0.2) is 42.5 Å². The fraction of sp³-hybridized carbons (Fsp3) is 0.214. The van der Waals surface area contributed by atoms with Gasteiger partial charge >= 0.3 is 0 Å². The van der Waals surface area contributed by atoms with E-state index in [1.807, 2.05) is 37.3 Å². The Morgan fingerprint density at radius 3 is 2.38 bits per heavy atom. The molecule has 2 aromatic rings. The zero-order valence-electron chi connectivity index (χ0n) is 9.44. The Morgan fingerprint density at radius 1 is 1.06 bits per heavy atom. The molecule has 1 heterocycles. The van der Waals surface area contributed by atoms with Crippen molar-refractivity contribution >= 4 is 0 Å². The van der Waals surface area contributed by atoms with Crippen molar-refractivity contribution in [1.82, 2.24) is 4.98 Å². The zero-order valence-corrected chi connectivity index (χ0v) is 9.44. The maximum absolute atomic E-state index is 12.8. The van der Waals surface area contributed by atoms with Crippen LogP contribution in [0.2, 0.25) is 0 Å². The SMILES string of the molecule is Cc1cccc(C(C)c2ccc(F)cc2)n1. The highest BCUT2D eigenvalue weighted by Crippen LogP contribution is 2.22. The van der Waals surface area contributed by atoms with Crippen LogP contribution in [0.4, 0.5) is 4.39 Å². The molecule has 0 aliphatic rings. The molecule has 2 heteroatoms. The lowest BCUT2D eigenvalue weighted by Gasteiger charge is -2.11. The van der Waals surface area contributed by atoms with Crippen LogP contribution in [-0.2, 0) is 0 Å². The molecule has 1 unspecified atom stereocenters. The maximum atomic E-state index is 12.8. The van der Waals surface area contributed by atoms with Gasteiger partial charge in [-0.2, -0.15) is 0 Å². The Bertz CT molecular complexity index is 476. The molecule has 0 aliphatic heterocycles. The molecule has 0 bridgehead atoms. The Kier molecular flexibility index (Phi) is 3.00. The smallest absolute Gasteiger partial charge is 0.123 e. The number of aryl methyl sites for hydroxylation is 1. The summed E-state index contributed by atoms with van der Waals surface area (Å²) in [4.78, 5) is 4.48. The highest BCUT2D eigenvalue weighted by Gasteiger charge is 2.09. The summed E-state index contributed by atoms with van der Waals surface area (Å²) in [6.45, 7) is 4.05. The molecule has 1 atom stereocenters. The molecule has 0 radical (unpaired) electrons. The summed E-state index contributed by atoms with van der Waals surface area (Å²) in [7, 11) is 0. The van der Waals surface area contributed by atoms with Crippen LogP contribution in [0, 0.1) is 12.7 Å². The lowest BCUT2D eigenvalue weighted by atomic mass is 9.97. The van der Waals surface area contributed by atoms with Crippen LogP contribution in [0.3, 0.4) is 0 Å². The quantitative estimate of drug-likeness (QED) is 0.744. The van der Waals surface area contributed by atoms with E-state index < -0.39 is 0 Å². The summed E-state index contributed by atoms with van der Waals surface area (Å²) in [5.74, 6) is -0.00588. The van der Waals surface area contributed by atoms with E-state index in [-0.39, 0.29) is 11.7 Å². The first kappa shape index (κ1) is 10.8. The first-order valence-corrected chi connectivity index (χ1v) is 5.36. The van der Waals surface area contributed by atoms with Gasteiger partial charge in [-0.15, -0.1) is 0 Å². The molecule has 1 nitrogen and oxygen atoms in total. The summed E-state index contributed by atoms with van der Waals surface area (Å²) in [6, 6.07) is 12.6. The molecule has 0 amide bonds. The molecule has 16 heavy (non-hydrogen) atoms. The fourth-order valence-corrected chi connectivity index (χ4v) is 1.73. The van der Waals surface area contributed by atoms with Crippen molar-refractivity contribution in [1.29, 1.82) is 0 Å². The summed E-state index contributed by atoms with van der Waals surface area (Å²) in [6.07, 6.45) is 0. The van der Waals surface area contributed by atoms with Crippen LogP contribution in [-0.4, -0.2) is 4.98 Å².